The Balaban J connectivity index is 1.60. The molecule has 0 unspecified atom stereocenters. The van der Waals surface area contributed by atoms with E-state index in [9.17, 15) is 4.79 Å². The zero-order valence-corrected chi connectivity index (χ0v) is 16.4. The SMILES string of the molecule is CCOc1ccccc1Nc1nnc(S[C@@H](C)C(=O)Nc2ncccn2)s1. The Morgan fingerprint density at radius 2 is 2.00 bits per heavy atom. The minimum absolute atomic E-state index is 0.197. The Hall–Kier alpha value is -2.72. The van der Waals surface area contributed by atoms with Gasteiger partial charge in [0.25, 0.3) is 0 Å². The van der Waals surface area contributed by atoms with Gasteiger partial charge < -0.3 is 10.1 Å². The second-order valence-corrected chi connectivity index (χ2v) is 7.81. The summed E-state index contributed by atoms with van der Waals surface area (Å²) in [6.45, 7) is 4.30. The molecule has 1 amide bonds. The van der Waals surface area contributed by atoms with Crippen molar-refractivity contribution < 1.29 is 9.53 Å². The van der Waals surface area contributed by atoms with Crippen molar-refractivity contribution >= 4 is 45.8 Å². The zero-order valence-electron chi connectivity index (χ0n) is 14.7. The van der Waals surface area contributed by atoms with Crippen LogP contribution in [-0.2, 0) is 4.79 Å². The number of rotatable bonds is 8. The second-order valence-electron chi connectivity index (χ2n) is 5.25. The van der Waals surface area contributed by atoms with E-state index in [4.69, 9.17) is 4.74 Å². The number of ether oxygens (including phenoxy) is 1. The van der Waals surface area contributed by atoms with E-state index >= 15 is 0 Å². The van der Waals surface area contributed by atoms with Crippen LogP contribution in [0.1, 0.15) is 13.8 Å². The molecule has 0 bridgehead atoms. The first kappa shape index (κ1) is 19.1. The number of thioether (sulfide) groups is 1. The number of benzene rings is 1. The Bertz CT molecular complexity index is 890. The fraction of sp³-hybridized carbons (Fsp3) is 0.235. The highest BCUT2D eigenvalue weighted by Gasteiger charge is 2.18. The molecule has 3 aromatic rings. The van der Waals surface area contributed by atoms with E-state index in [-0.39, 0.29) is 17.1 Å². The highest BCUT2D eigenvalue weighted by molar-refractivity contribution is 8.02. The van der Waals surface area contributed by atoms with Gasteiger partial charge in [-0.3, -0.25) is 10.1 Å². The number of nitrogens with one attached hydrogen (secondary N) is 2. The van der Waals surface area contributed by atoms with Gasteiger partial charge in [-0.25, -0.2) is 9.97 Å². The number of anilines is 3. The van der Waals surface area contributed by atoms with Crippen LogP contribution >= 0.6 is 23.1 Å². The molecule has 1 aromatic carbocycles. The summed E-state index contributed by atoms with van der Waals surface area (Å²) in [5.41, 5.74) is 0.819. The molecule has 140 valence electrons. The molecular weight excluding hydrogens is 384 g/mol. The maximum atomic E-state index is 12.2. The summed E-state index contributed by atoms with van der Waals surface area (Å²) in [6.07, 6.45) is 3.15. The van der Waals surface area contributed by atoms with Gasteiger partial charge in [0.1, 0.15) is 5.75 Å². The number of para-hydroxylation sites is 2. The summed E-state index contributed by atoms with van der Waals surface area (Å²) in [4.78, 5) is 20.2. The highest BCUT2D eigenvalue weighted by Crippen LogP contribution is 2.33. The van der Waals surface area contributed by atoms with Gasteiger partial charge in [0.2, 0.25) is 17.0 Å². The lowest BCUT2D eigenvalue weighted by Gasteiger charge is -2.09. The summed E-state index contributed by atoms with van der Waals surface area (Å²) in [5.74, 6) is 0.833. The van der Waals surface area contributed by atoms with Crippen LogP contribution in [0.15, 0.2) is 47.1 Å². The van der Waals surface area contributed by atoms with Crippen LogP contribution in [-0.4, -0.2) is 37.9 Å². The normalized spacial score (nSPS) is 11.6. The highest BCUT2D eigenvalue weighted by atomic mass is 32.2. The van der Waals surface area contributed by atoms with E-state index in [1.54, 1.807) is 25.4 Å². The van der Waals surface area contributed by atoms with Gasteiger partial charge in [0.05, 0.1) is 17.5 Å². The Labute approximate surface area is 164 Å². The number of hydrogen-bond donors (Lipinski definition) is 2. The minimum atomic E-state index is -0.370. The predicted molar refractivity (Wildman–Crippen MR) is 107 cm³/mol. The maximum Gasteiger partial charge on any atom is 0.240 e. The molecule has 0 aliphatic rings. The average molecular weight is 403 g/mol. The molecule has 1 atom stereocenters. The molecule has 0 aliphatic heterocycles. The third-order valence-electron chi connectivity index (χ3n) is 3.28. The lowest BCUT2D eigenvalue weighted by Crippen LogP contribution is -2.23. The number of hydrogen-bond acceptors (Lipinski definition) is 9. The summed E-state index contributed by atoms with van der Waals surface area (Å²) >= 11 is 2.69. The molecule has 0 aliphatic carbocycles. The van der Waals surface area contributed by atoms with Gasteiger partial charge in [-0.15, -0.1) is 10.2 Å². The van der Waals surface area contributed by atoms with Gasteiger partial charge >= 0.3 is 0 Å². The van der Waals surface area contributed by atoms with Crippen LogP contribution in [0.25, 0.3) is 0 Å². The third-order valence-corrected chi connectivity index (χ3v) is 5.31. The first-order valence-electron chi connectivity index (χ1n) is 8.22. The predicted octanol–water partition coefficient (Wildman–Crippen LogP) is 3.59. The molecule has 0 saturated heterocycles. The number of carbonyl (C=O) groups is 1. The molecule has 0 spiro atoms. The Morgan fingerprint density at radius 3 is 2.78 bits per heavy atom. The van der Waals surface area contributed by atoms with E-state index in [0.29, 0.717) is 16.1 Å². The van der Waals surface area contributed by atoms with Crippen molar-refractivity contribution in [1.82, 2.24) is 20.2 Å². The van der Waals surface area contributed by atoms with E-state index in [0.717, 1.165) is 11.4 Å². The quantitative estimate of drug-likeness (QED) is 0.551. The number of nitrogens with zero attached hydrogens (tertiary/aromatic N) is 4. The standard InChI is InChI=1S/C17H18N6O2S2/c1-3-25-13-8-5-4-7-12(13)20-16-22-23-17(27-16)26-11(2)14(24)21-15-18-9-6-10-19-15/h4-11H,3H2,1-2H3,(H,20,22)(H,18,19,21,24)/t11-/m0/s1. The molecule has 2 aromatic heterocycles. The molecule has 8 nitrogen and oxygen atoms in total. The fourth-order valence-electron chi connectivity index (χ4n) is 2.05. The Morgan fingerprint density at radius 1 is 1.22 bits per heavy atom. The van der Waals surface area contributed by atoms with E-state index < -0.39 is 0 Å². The van der Waals surface area contributed by atoms with Gasteiger partial charge in [-0.2, -0.15) is 0 Å². The minimum Gasteiger partial charge on any atom is -0.492 e. The molecule has 0 fully saturated rings. The maximum absolute atomic E-state index is 12.2. The summed E-state index contributed by atoms with van der Waals surface area (Å²) in [6, 6.07) is 9.32. The number of aromatic nitrogens is 4. The van der Waals surface area contributed by atoms with Gasteiger partial charge in [-0.05, 0) is 32.0 Å². The average Bonchev–Trinajstić information content (AvgIpc) is 3.11. The van der Waals surface area contributed by atoms with Crippen molar-refractivity contribution in [2.24, 2.45) is 0 Å². The number of amides is 1. The fourth-order valence-corrected chi connectivity index (χ4v) is 3.96. The van der Waals surface area contributed by atoms with Crippen LogP contribution < -0.4 is 15.4 Å². The molecule has 0 saturated carbocycles. The third kappa shape index (κ3) is 5.38. The van der Waals surface area contributed by atoms with Gasteiger partial charge in [-0.1, -0.05) is 35.2 Å². The van der Waals surface area contributed by atoms with E-state index in [1.807, 2.05) is 31.2 Å². The van der Waals surface area contributed by atoms with Crippen LogP contribution in [0, 0.1) is 0 Å². The summed E-state index contributed by atoms with van der Waals surface area (Å²) in [5, 5.41) is 14.4. The zero-order chi connectivity index (χ0) is 19.1. The summed E-state index contributed by atoms with van der Waals surface area (Å²) < 4.78 is 6.28. The lowest BCUT2D eigenvalue weighted by atomic mass is 10.3. The smallest absolute Gasteiger partial charge is 0.240 e. The van der Waals surface area contributed by atoms with Crippen LogP contribution in [0.2, 0.25) is 0 Å². The van der Waals surface area contributed by atoms with Crippen molar-refractivity contribution in [3.8, 4) is 5.75 Å². The summed E-state index contributed by atoms with van der Waals surface area (Å²) in [7, 11) is 0. The van der Waals surface area contributed by atoms with Crippen molar-refractivity contribution in [3.05, 3.63) is 42.7 Å². The van der Waals surface area contributed by atoms with Crippen LogP contribution in [0.5, 0.6) is 5.75 Å². The molecule has 2 heterocycles. The van der Waals surface area contributed by atoms with Gasteiger partial charge in [0.15, 0.2) is 4.34 Å². The van der Waals surface area contributed by atoms with Crippen LogP contribution in [0.4, 0.5) is 16.8 Å². The van der Waals surface area contributed by atoms with Gasteiger partial charge in [0, 0.05) is 12.4 Å². The largest absolute Gasteiger partial charge is 0.492 e. The molecule has 0 radical (unpaired) electrons. The van der Waals surface area contributed by atoms with Crippen molar-refractivity contribution in [2.75, 3.05) is 17.2 Å². The molecular formula is C17H18N6O2S2. The second kappa shape index (κ2) is 9.28. The molecule has 10 heteroatoms. The molecule has 27 heavy (non-hydrogen) atoms. The Kier molecular flexibility index (Phi) is 6.55. The van der Waals surface area contributed by atoms with Crippen LogP contribution in [0.3, 0.4) is 0 Å². The number of carbonyl (C=O) groups excluding carboxylic acids is 1. The van der Waals surface area contributed by atoms with Crippen molar-refractivity contribution in [3.63, 3.8) is 0 Å². The topological polar surface area (TPSA) is 102 Å². The first-order chi connectivity index (χ1) is 13.2. The van der Waals surface area contributed by atoms with Crippen molar-refractivity contribution in [2.45, 2.75) is 23.4 Å². The van der Waals surface area contributed by atoms with Crippen molar-refractivity contribution in [1.29, 1.82) is 0 Å². The lowest BCUT2D eigenvalue weighted by molar-refractivity contribution is -0.115. The molecule has 2 N–H and O–H groups in total. The first-order valence-corrected chi connectivity index (χ1v) is 9.92. The van der Waals surface area contributed by atoms with E-state index in [1.165, 1.54) is 23.1 Å². The monoisotopic (exact) mass is 402 g/mol. The van der Waals surface area contributed by atoms with E-state index in [2.05, 4.69) is 30.8 Å². The molecule has 3 rings (SSSR count).